The van der Waals surface area contributed by atoms with Crippen LogP contribution < -0.4 is 5.56 Å². The molecule has 7 heteroatoms. The summed E-state index contributed by atoms with van der Waals surface area (Å²) in [5, 5.41) is 11.6. The van der Waals surface area contributed by atoms with Gasteiger partial charge in [-0.15, -0.1) is 0 Å². The second kappa shape index (κ2) is 8.19. The second-order valence-corrected chi connectivity index (χ2v) is 14.6. The Bertz CT molecular complexity index is 1070. The molecule has 1 aromatic carbocycles. The fraction of sp³-hybridized carbons (Fsp3) is 0.333. The lowest BCUT2D eigenvalue weighted by Crippen LogP contribution is -2.25. The number of hydrogen-bond donors (Lipinski definition) is 1. The minimum absolute atomic E-state index is 0.112. The summed E-state index contributed by atoms with van der Waals surface area (Å²) in [5.41, 5.74) is 2.26. The van der Waals surface area contributed by atoms with E-state index in [9.17, 15) is 9.90 Å². The van der Waals surface area contributed by atoms with E-state index in [1.54, 1.807) is 12.3 Å². The van der Waals surface area contributed by atoms with E-state index in [1.165, 1.54) is 4.57 Å². The minimum Gasteiger partial charge on any atom is -0.503 e. The summed E-state index contributed by atoms with van der Waals surface area (Å²) in [6, 6.07) is 10.4. The molecular weight excluding hydrogens is 436 g/mol. The van der Waals surface area contributed by atoms with E-state index in [0.29, 0.717) is 12.2 Å². The van der Waals surface area contributed by atoms with Gasteiger partial charge in [0.25, 0.3) is 5.56 Å². The fourth-order valence-corrected chi connectivity index (χ4v) is 4.22. The number of hydrogen-bond acceptors (Lipinski definition) is 4. The molecule has 0 bridgehead atoms. The second-order valence-electron chi connectivity index (χ2n) is 8.10. The Kier molecular flexibility index (Phi) is 6.07. The molecule has 0 radical (unpaired) electrons. The fourth-order valence-electron chi connectivity index (χ4n) is 3.10. The van der Waals surface area contributed by atoms with Crippen molar-refractivity contribution in [2.75, 3.05) is 6.61 Å². The van der Waals surface area contributed by atoms with Gasteiger partial charge in [-0.1, -0.05) is 41.6 Å². The number of aromatic hydroxyl groups is 1. The maximum Gasteiger partial charge on any atom is 0.295 e. The van der Waals surface area contributed by atoms with Crippen LogP contribution >= 0.6 is 15.9 Å². The first-order valence-electron chi connectivity index (χ1n) is 9.24. The first-order valence-corrected chi connectivity index (χ1v) is 13.7. The van der Waals surface area contributed by atoms with Gasteiger partial charge in [0.15, 0.2) is 5.75 Å². The molecule has 2 aromatic heterocycles. The van der Waals surface area contributed by atoms with Crippen LogP contribution in [0.2, 0.25) is 25.7 Å². The normalized spacial score (nSPS) is 11.9. The largest absolute Gasteiger partial charge is 0.503 e. The molecule has 0 saturated heterocycles. The number of aromatic nitrogens is 2. The molecule has 1 N–H and O–H groups in total. The summed E-state index contributed by atoms with van der Waals surface area (Å²) < 4.78 is 8.17. The van der Waals surface area contributed by atoms with E-state index in [-0.39, 0.29) is 12.5 Å². The third kappa shape index (κ3) is 4.37. The zero-order chi connectivity index (χ0) is 20.5. The molecule has 0 aliphatic rings. The third-order valence-electron chi connectivity index (χ3n) is 4.70. The average Bonchev–Trinajstić information content (AvgIpc) is 2.62. The minimum atomic E-state index is -1.22. The van der Waals surface area contributed by atoms with Gasteiger partial charge >= 0.3 is 0 Å². The van der Waals surface area contributed by atoms with Crippen LogP contribution in [0.3, 0.4) is 0 Å². The first kappa shape index (κ1) is 20.8. The van der Waals surface area contributed by atoms with Gasteiger partial charge in [0.05, 0.1) is 5.52 Å². The zero-order valence-electron chi connectivity index (χ0n) is 16.6. The predicted octanol–water partition coefficient (Wildman–Crippen LogP) is 5.15. The van der Waals surface area contributed by atoms with Crippen molar-refractivity contribution in [2.45, 2.75) is 39.3 Å². The van der Waals surface area contributed by atoms with Gasteiger partial charge in [-0.25, -0.2) is 0 Å². The molecule has 0 fully saturated rings. The van der Waals surface area contributed by atoms with Crippen molar-refractivity contribution in [3.63, 3.8) is 0 Å². The van der Waals surface area contributed by atoms with Crippen LogP contribution in [0.5, 0.6) is 5.75 Å². The van der Waals surface area contributed by atoms with E-state index >= 15 is 0 Å². The average molecular weight is 461 g/mol. The van der Waals surface area contributed by atoms with Crippen molar-refractivity contribution in [1.82, 2.24) is 9.55 Å². The van der Waals surface area contributed by atoms with Crippen LogP contribution in [0.4, 0.5) is 0 Å². The van der Waals surface area contributed by atoms with E-state index < -0.39 is 13.6 Å². The number of pyridine rings is 2. The van der Waals surface area contributed by atoms with E-state index in [2.05, 4.69) is 40.6 Å². The lowest BCUT2D eigenvalue weighted by Gasteiger charge is -2.18. The summed E-state index contributed by atoms with van der Waals surface area (Å²) in [5.74, 6) is -0.282. The molecule has 0 aliphatic carbocycles. The smallest absolute Gasteiger partial charge is 0.295 e. The maximum absolute atomic E-state index is 13.0. The van der Waals surface area contributed by atoms with Crippen molar-refractivity contribution >= 4 is 34.9 Å². The van der Waals surface area contributed by atoms with E-state index in [4.69, 9.17) is 4.74 Å². The number of fused-ring (bicyclic) bond motifs is 1. The van der Waals surface area contributed by atoms with Gasteiger partial charge in [-0.2, -0.15) is 0 Å². The lowest BCUT2D eigenvalue weighted by atomic mass is 9.99. The third-order valence-corrected chi connectivity index (χ3v) is 6.89. The molecule has 0 aliphatic heterocycles. The van der Waals surface area contributed by atoms with Crippen molar-refractivity contribution in [2.24, 2.45) is 0 Å². The van der Waals surface area contributed by atoms with Crippen LogP contribution in [0, 0.1) is 6.92 Å². The lowest BCUT2D eigenvalue weighted by molar-refractivity contribution is 0.0873. The molecule has 0 spiro atoms. The van der Waals surface area contributed by atoms with Crippen LogP contribution in [0.25, 0.3) is 22.0 Å². The van der Waals surface area contributed by atoms with Crippen molar-refractivity contribution < 1.29 is 9.84 Å². The Labute approximate surface area is 174 Å². The van der Waals surface area contributed by atoms with Crippen LogP contribution in [0.15, 0.2) is 45.8 Å². The summed E-state index contributed by atoms with van der Waals surface area (Å²) in [6.45, 7) is 9.43. The van der Waals surface area contributed by atoms with Gasteiger partial charge < -0.3 is 9.84 Å². The summed E-state index contributed by atoms with van der Waals surface area (Å²) in [6.07, 6.45) is 1.70. The molecule has 3 aromatic rings. The van der Waals surface area contributed by atoms with Gasteiger partial charge in [0.1, 0.15) is 6.73 Å². The standard InChI is InChI=1S/C21H25BrN2O3Si/c1-14-16(6-5-9-23-14)19-17-12-15(22)7-8-18(17)24(21(26)20(19)25)13-27-10-11-28(2,3)4/h5-9,12,25H,10-11,13H2,1-4H3. The molecule has 0 unspecified atom stereocenters. The maximum atomic E-state index is 13.0. The molecule has 0 amide bonds. The Hall–Kier alpha value is -1.96. The molecule has 5 nitrogen and oxygen atoms in total. The topological polar surface area (TPSA) is 64.4 Å². The first-order chi connectivity index (χ1) is 13.2. The summed E-state index contributed by atoms with van der Waals surface area (Å²) in [7, 11) is -1.22. The molecular formula is C21H25BrN2O3Si. The molecule has 28 heavy (non-hydrogen) atoms. The number of ether oxygens (including phenoxy) is 1. The molecule has 148 valence electrons. The van der Waals surface area contributed by atoms with Crippen molar-refractivity contribution in [3.8, 4) is 16.9 Å². The van der Waals surface area contributed by atoms with Gasteiger partial charge in [-0.3, -0.25) is 14.3 Å². The Morgan fingerprint density at radius 3 is 2.68 bits per heavy atom. The van der Waals surface area contributed by atoms with Crippen LogP contribution in [0.1, 0.15) is 5.69 Å². The highest BCUT2D eigenvalue weighted by molar-refractivity contribution is 9.10. The Morgan fingerprint density at radius 2 is 2.00 bits per heavy atom. The molecule has 2 heterocycles. The van der Waals surface area contributed by atoms with E-state index in [1.807, 2.05) is 31.2 Å². The van der Waals surface area contributed by atoms with E-state index in [0.717, 1.165) is 32.7 Å². The summed E-state index contributed by atoms with van der Waals surface area (Å²) in [4.78, 5) is 17.3. The highest BCUT2D eigenvalue weighted by Crippen LogP contribution is 2.36. The van der Waals surface area contributed by atoms with Crippen LogP contribution in [-0.4, -0.2) is 29.3 Å². The van der Waals surface area contributed by atoms with Crippen molar-refractivity contribution in [1.29, 1.82) is 0 Å². The molecule has 0 saturated carbocycles. The van der Waals surface area contributed by atoms with Gasteiger partial charge in [0.2, 0.25) is 0 Å². The highest BCUT2D eigenvalue weighted by Gasteiger charge is 2.20. The summed E-state index contributed by atoms with van der Waals surface area (Å²) >= 11 is 3.50. The van der Waals surface area contributed by atoms with Gasteiger partial charge in [0, 0.05) is 47.6 Å². The van der Waals surface area contributed by atoms with Crippen molar-refractivity contribution in [3.05, 3.63) is 57.0 Å². The molecule has 0 atom stereocenters. The number of aryl methyl sites for hydroxylation is 1. The molecule has 3 rings (SSSR count). The SMILES string of the molecule is Cc1ncccc1-c1c(O)c(=O)n(COCC[Si](C)(C)C)c2ccc(Br)cc12. The monoisotopic (exact) mass is 460 g/mol. The zero-order valence-corrected chi connectivity index (χ0v) is 19.2. The number of nitrogens with zero attached hydrogens (tertiary/aromatic N) is 2. The Morgan fingerprint density at radius 1 is 1.25 bits per heavy atom. The Balaban J connectivity index is 2.13. The predicted molar refractivity (Wildman–Crippen MR) is 120 cm³/mol. The number of rotatable bonds is 6. The van der Waals surface area contributed by atoms with Crippen LogP contribution in [-0.2, 0) is 11.5 Å². The number of halogens is 1. The highest BCUT2D eigenvalue weighted by atomic mass is 79.9. The van der Waals surface area contributed by atoms with Gasteiger partial charge in [-0.05, 0) is 37.2 Å². The number of benzene rings is 1. The quantitative estimate of drug-likeness (QED) is 0.407.